The third-order valence-corrected chi connectivity index (χ3v) is 6.20. The van der Waals surface area contributed by atoms with Gasteiger partial charge in [-0.15, -0.1) is 0 Å². The van der Waals surface area contributed by atoms with Crippen LogP contribution in [0.5, 0.6) is 0 Å². The topological polar surface area (TPSA) is 7.60 Å². The molecule has 0 saturated heterocycles. The molecule has 1 aliphatic carbocycles. The van der Waals surface area contributed by atoms with Crippen LogP contribution in [-0.2, 0) is 0 Å². The summed E-state index contributed by atoms with van der Waals surface area (Å²) in [5.41, 5.74) is 6.14. The van der Waals surface area contributed by atoms with Gasteiger partial charge in [0.1, 0.15) is 12.3 Å². The van der Waals surface area contributed by atoms with Crippen molar-refractivity contribution in [3.05, 3.63) is 59.8 Å². The molecule has 0 amide bonds. The second-order valence-electron chi connectivity index (χ2n) is 7.25. The summed E-state index contributed by atoms with van der Waals surface area (Å²) in [5.74, 6) is 1.35. The predicted octanol–water partition coefficient (Wildman–Crippen LogP) is 8.12. The monoisotopic (exact) mass is 481 g/mol. The van der Waals surface area contributed by atoms with Crippen LogP contribution in [0.4, 0.5) is 0 Å². The summed E-state index contributed by atoms with van der Waals surface area (Å²) in [5, 5.41) is 0. The van der Waals surface area contributed by atoms with Crippen LogP contribution in [0.15, 0.2) is 54.9 Å². The van der Waals surface area contributed by atoms with Crippen molar-refractivity contribution in [3.8, 4) is 6.57 Å². The first-order valence-electron chi connectivity index (χ1n) is 9.09. The van der Waals surface area contributed by atoms with Gasteiger partial charge in [-0.1, -0.05) is 51.3 Å². The number of rotatable bonds is 6. The summed E-state index contributed by atoms with van der Waals surface area (Å²) in [6, 6.07) is 0. The molecule has 0 N–H and O–H groups in total. The molecule has 0 fully saturated rings. The Morgan fingerprint density at radius 1 is 1.31 bits per heavy atom. The van der Waals surface area contributed by atoms with Gasteiger partial charge in [-0.2, -0.15) is 4.85 Å². The van der Waals surface area contributed by atoms with Gasteiger partial charge >= 0.3 is 5.82 Å². The van der Waals surface area contributed by atoms with Crippen LogP contribution in [0, 0.1) is 12.5 Å². The van der Waals surface area contributed by atoms with Gasteiger partial charge in [-0.25, -0.2) is 4.90 Å². The minimum atomic E-state index is 0.531. The molecule has 0 spiro atoms. The third-order valence-electron chi connectivity index (χ3n) is 4.67. The Labute approximate surface area is 176 Å². The lowest BCUT2D eigenvalue weighted by Crippen LogP contribution is -2.27. The fourth-order valence-corrected chi connectivity index (χ4v) is 3.69. The Morgan fingerprint density at radius 3 is 2.42 bits per heavy atom. The van der Waals surface area contributed by atoms with Crippen molar-refractivity contribution in [2.45, 2.75) is 61.3 Å². The molecule has 4 heteroatoms. The van der Waals surface area contributed by atoms with Crippen LogP contribution >= 0.6 is 31.9 Å². The van der Waals surface area contributed by atoms with Gasteiger partial charge in [-0.05, 0) is 81.2 Å². The molecule has 1 aliphatic rings. The molecule has 1 unspecified atom stereocenters. The summed E-state index contributed by atoms with van der Waals surface area (Å²) in [6.45, 7) is 21.8. The van der Waals surface area contributed by atoms with Crippen LogP contribution in [-0.4, -0.2) is 11.4 Å². The number of nitrogens with zero attached hydrogens (tertiary/aromatic N) is 2. The van der Waals surface area contributed by atoms with E-state index in [-0.39, 0.29) is 0 Å². The molecule has 2 nitrogen and oxygen atoms in total. The van der Waals surface area contributed by atoms with E-state index >= 15 is 0 Å². The number of halogens is 2. The molecule has 0 saturated carbocycles. The Balaban J connectivity index is 3.60. The van der Waals surface area contributed by atoms with Crippen molar-refractivity contribution in [1.29, 1.82) is 0 Å². The summed E-state index contributed by atoms with van der Waals surface area (Å²) in [7, 11) is 0. The number of hydrogen-bond donors (Lipinski definition) is 0. The molecule has 0 aromatic carbocycles. The largest absolute Gasteiger partial charge is 0.388 e. The van der Waals surface area contributed by atoms with Crippen LogP contribution < -0.4 is 0 Å². The van der Waals surface area contributed by atoms with Crippen molar-refractivity contribution < 1.29 is 0 Å². The normalized spacial score (nSPS) is 18.2. The Kier molecular flexibility index (Phi) is 9.13. The second-order valence-corrected chi connectivity index (χ2v) is 9.30. The first-order chi connectivity index (χ1) is 12.1. The zero-order valence-electron chi connectivity index (χ0n) is 17.1. The van der Waals surface area contributed by atoms with Gasteiger partial charge in [0.05, 0.1) is 12.1 Å². The minimum absolute atomic E-state index is 0.531. The fourth-order valence-electron chi connectivity index (χ4n) is 3.09. The highest BCUT2D eigenvalue weighted by Gasteiger charge is 2.29. The molecule has 1 rings (SSSR count). The maximum atomic E-state index is 5.87. The van der Waals surface area contributed by atoms with Crippen LogP contribution in [0.1, 0.15) is 61.3 Å². The summed E-state index contributed by atoms with van der Waals surface area (Å²) >= 11 is 7.26. The van der Waals surface area contributed by atoms with Gasteiger partial charge in [0.2, 0.25) is 0 Å². The molecule has 0 aliphatic heterocycles. The van der Waals surface area contributed by atoms with Crippen LogP contribution in [0.25, 0.3) is 4.85 Å². The Bertz CT molecular complexity index is 739. The van der Waals surface area contributed by atoms with Crippen molar-refractivity contribution in [2.75, 3.05) is 6.54 Å². The van der Waals surface area contributed by atoms with Crippen molar-refractivity contribution in [2.24, 2.45) is 5.92 Å². The summed E-state index contributed by atoms with van der Waals surface area (Å²) in [4.78, 5) is 6.47. The van der Waals surface area contributed by atoms with Crippen LogP contribution in [0.2, 0.25) is 0 Å². The molecule has 0 radical (unpaired) electrons. The first kappa shape index (κ1) is 23.0. The third kappa shape index (κ3) is 5.99. The highest BCUT2D eigenvalue weighted by atomic mass is 79.9. The fraction of sp³-hybridized carbons (Fsp3) is 0.500. The SMILES string of the molecule is C#[N+]/C(=C(C)\C=C(/C)Br)N(CC(C)CC)C1=C(C)CC(C)=C(Br)C(C)=C1. The zero-order chi connectivity index (χ0) is 20.0. The van der Waals surface area contributed by atoms with E-state index in [4.69, 9.17) is 6.57 Å². The standard InChI is InChI=1S/C22H31Br2N2/c1-9-14(2)13-26(22(25-8)18(6)11-19(7)23)20-12-17(5)21(24)16(4)10-15(20)3/h8,11-12,14H,9-10,13H2,1-7H3/q+1/b19-11+,22-18+. The average Bonchev–Trinajstić information content (AvgIpc) is 2.65. The second kappa shape index (κ2) is 10.3. The van der Waals surface area contributed by atoms with E-state index < -0.39 is 0 Å². The molecule has 142 valence electrons. The quantitative estimate of drug-likeness (QED) is 0.346. The van der Waals surface area contributed by atoms with Gasteiger partial charge in [0.25, 0.3) is 0 Å². The maximum Gasteiger partial charge on any atom is 0.388 e. The highest BCUT2D eigenvalue weighted by molar-refractivity contribution is 9.12. The van der Waals surface area contributed by atoms with E-state index in [9.17, 15) is 0 Å². The van der Waals surface area contributed by atoms with E-state index in [1.807, 2.05) is 6.92 Å². The van der Waals surface area contributed by atoms with E-state index in [0.717, 1.165) is 35.3 Å². The lowest BCUT2D eigenvalue weighted by Gasteiger charge is -2.22. The lowest BCUT2D eigenvalue weighted by atomic mass is 10.0. The van der Waals surface area contributed by atoms with E-state index in [1.54, 1.807) is 0 Å². The number of allylic oxidation sites excluding steroid dienone is 8. The molecule has 0 bridgehead atoms. The van der Waals surface area contributed by atoms with Crippen LogP contribution in [0.3, 0.4) is 0 Å². The van der Waals surface area contributed by atoms with Gasteiger partial charge in [0, 0.05) is 4.48 Å². The summed E-state index contributed by atoms with van der Waals surface area (Å²) in [6.07, 6.45) is 6.36. The molecule has 26 heavy (non-hydrogen) atoms. The summed E-state index contributed by atoms with van der Waals surface area (Å²) < 4.78 is 2.25. The average molecular weight is 483 g/mol. The molecular weight excluding hydrogens is 452 g/mol. The lowest BCUT2D eigenvalue weighted by molar-refractivity contribution is 0.359. The van der Waals surface area contributed by atoms with Crippen molar-refractivity contribution in [3.63, 3.8) is 0 Å². The highest BCUT2D eigenvalue weighted by Crippen LogP contribution is 2.35. The van der Waals surface area contributed by atoms with Gasteiger partial charge in [0.15, 0.2) is 0 Å². The molecule has 1 atom stereocenters. The zero-order valence-corrected chi connectivity index (χ0v) is 20.3. The van der Waals surface area contributed by atoms with Crippen molar-refractivity contribution >= 4 is 31.9 Å². The minimum Gasteiger partial charge on any atom is -0.213 e. The van der Waals surface area contributed by atoms with Crippen molar-refractivity contribution in [1.82, 2.24) is 4.90 Å². The maximum absolute atomic E-state index is 5.87. The van der Waals surface area contributed by atoms with E-state index in [1.165, 1.54) is 26.9 Å². The van der Waals surface area contributed by atoms with Gasteiger partial charge in [-0.3, -0.25) is 0 Å². The molecule has 0 aromatic heterocycles. The van der Waals surface area contributed by atoms with Gasteiger partial charge < -0.3 is 0 Å². The Hall–Kier alpha value is -1.05. The predicted molar refractivity (Wildman–Crippen MR) is 123 cm³/mol. The van der Waals surface area contributed by atoms with E-state index in [2.05, 4.69) is 95.3 Å². The molecule has 0 aromatic rings. The molecular formula is C22H31Br2N2+. The molecule has 0 heterocycles. The number of hydrogen-bond acceptors (Lipinski definition) is 1. The van der Waals surface area contributed by atoms with E-state index in [0.29, 0.717) is 5.92 Å². The first-order valence-corrected chi connectivity index (χ1v) is 10.7. The Morgan fingerprint density at radius 2 is 1.92 bits per heavy atom. The smallest absolute Gasteiger partial charge is 0.213 e.